The van der Waals surface area contributed by atoms with Gasteiger partial charge in [0.1, 0.15) is 5.75 Å². The maximum atomic E-state index is 12.8. The van der Waals surface area contributed by atoms with Gasteiger partial charge in [-0.05, 0) is 43.2 Å². The highest BCUT2D eigenvalue weighted by atomic mass is 16.3. The summed E-state index contributed by atoms with van der Waals surface area (Å²) in [5.41, 5.74) is 3.17. The molecule has 0 spiro atoms. The maximum absolute atomic E-state index is 12.8. The van der Waals surface area contributed by atoms with E-state index in [4.69, 9.17) is 5.26 Å². The molecule has 0 unspecified atom stereocenters. The van der Waals surface area contributed by atoms with Crippen molar-refractivity contribution in [2.45, 2.75) is 19.9 Å². The predicted molar refractivity (Wildman–Crippen MR) is 99.8 cm³/mol. The van der Waals surface area contributed by atoms with Crippen LogP contribution in [0.15, 0.2) is 42.5 Å². The zero-order valence-electron chi connectivity index (χ0n) is 15.0. The van der Waals surface area contributed by atoms with Crippen LogP contribution in [0.2, 0.25) is 0 Å². The number of benzene rings is 2. The van der Waals surface area contributed by atoms with Crippen LogP contribution >= 0.6 is 0 Å². The van der Waals surface area contributed by atoms with Crippen molar-refractivity contribution in [1.29, 1.82) is 5.26 Å². The van der Waals surface area contributed by atoms with Crippen LogP contribution < -0.4 is 0 Å². The first-order valence-corrected chi connectivity index (χ1v) is 8.87. The number of rotatable bonds is 3. The van der Waals surface area contributed by atoms with Gasteiger partial charge in [-0.3, -0.25) is 9.69 Å². The first-order chi connectivity index (χ1) is 12.6. The van der Waals surface area contributed by atoms with Gasteiger partial charge in [0, 0.05) is 32.7 Å². The molecule has 2 aromatic carbocycles. The molecule has 0 radical (unpaired) electrons. The molecule has 2 aromatic rings. The molecule has 0 aromatic heterocycles. The number of aryl methyl sites for hydroxylation is 1. The number of nitrogens with zero attached hydrogens (tertiary/aromatic N) is 3. The molecule has 0 atom stereocenters. The largest absolute Gasteiger partial charge is 0.507 e. The first-order valence-electron chi connectivity index (χ1n) is 8.87. The molecule has 1 N–H and O–H groups in total. The fourth-order valence-electron chi connectivity index (χ4n) is 3.27. The minimum absolute atomic E-state index is 0.0410. The van der Waals surface area contributed by atoms with Crippen molar-refractivity contribution in [3.8, 4) is 11.8 Å². The minimum atomic E-state index is -0.105. The quantitative estimate of drug-likeness (QED) is 0.925. The van der Waals surface area contributed by atoms with Gasteiger partial charge in [0.15, 0.2) is 0 Å². The van der Waals surface area contributed by atoms with Crippen molar-refractivity contribution >= 4 is 5.91 Å². The van der Waals surface area contributed by atoms with E-state index in [0.717, 1.165) is 31.6 Å². The van der Waals surface area contributed by atoms with E-state index in [2.05, 4.69) is 11.0 Å². The monoisotopic (exact) mass is 349 g/mol. The first kappa shape index (κ1) is 18.0. The molecule has 5 heteroatoms. The summed E-state index contributed by atoms with van der Waals surface area (Å²) < 4.78 is 0. The molecule has 1 fully saturated rings. The van der Waals surface area contributed by atoms with Gasteiger partial charge in [-0.25, -0.2) is 0 Å². The van der Waals surface area contributed by atoms with E-state index in [1.165, 1.54) is 5.56 Å². The van der Waals surface area contributed by atoms with Gasteiger partial charge >= 0.3 is 0 Å². The second-order valence-corrected chi connectivity index (χ2v) is 6.75. The molecule has 26 heavy (non-hydrogen) atoms. The number of amides is 1. The zero-order chi connectivity index (χ0) is 18.5. The molecule has 134 valence electrons. The van der Waals surface area contributed by atoms with Gasteiger partial charge in [0.05, 0.1) is 17.2 Å². The van der Waals surface area contributed by atoms with Gasteiger partial charge in [0.25, 0.3) is 5.91 Å². The van der Waals surface area contributed by atoms with Crippen LogP contribution in [0, 0.1) is 18.3 Å². The fourth-order valence-corrected chi connectivity index (χ4v) is 3.27. The van der Waals surface area contributed by atoms with Crippen molar-refractivity contribution in [1.82, 2.24) is 9.80 Å². The Hall–Kier alpha value is -2.84. The smallest absolute Gasteiger partial charge is 0.257 e. The van der Waals surface area contributed by atoms with Crippen LogP contribution in [0.25, 0.3) is 0 Å². The molecule has 0 bridgehead atoms. The zero-order valence-corrected chi connectivity index (χ0v) is 15.0. The summed E-state index contributed by atoms with van der Waals surface area (Å²) in [5, 5.41) is 18.9. The topological polar surface area (TPSA) is 67.6 Å². The number of carbonyl (C=O) groups is 1. The second kappa shape index (κ2) is 8.03. The van der Waals surface area contributed by atoms with E-state index in [-0.39, 0.29) is 11.7 Å². The lowest BCUT2D eigenvalue weighted by Gasteiger charge is -2.22. The molecular weight excluding hydrogens is 326 g/mol. The summed E-state index contributed by atoms with van der Waals surface area (Å²) in [7, 11) is 0. The average molecular weight is 349 g/mol. The summed E-state index contributed by atoms with van der Waals surface area (Å²) in [6, 6.07) is 14.9. The summed E-state index contributed by atoms with van der Waals surface area (Å²) in [6.45, 7) is 5.77. The SMILES string of the molecule is Cc1ccc(O)c(C(=O)N2CCCN(Cc3ccc(C#N)cc3)CC2)c1. The molecule has 1 heterocycles. The van der Waals surface area contributed by atoms with Crippen LogP contribution in [0.4, 0.5) is 0 Å². The van der Waals surface area contributed by atoms with E-state index in [1.54, 1.807) is 18.2 Å². The van der Waals surface area contributed by atoms with E-state index in [1.807, 2.05) is 36.1 Å². The highest BCUT2D eigenvalue weighted by molar-refractivity contribution is 5.97. The van der Waals surface area contributed by atoms with Crippen LogP contribution in [0.1, 0.15) is 33.5 Å². The number of nitriles is 1. The normalized spacial score (nSPS) is 15.3. The number of aromatic hydroxyl groups is 1. The molecule has 1 aliphatic rings. The Kier molecular flexibility index (Phi) is 5.55. The van der Waals surface area contributed by atoms with Crippen molar-refractivity contribution < 1.29 is 9.90 Å². The number of phenols is 1. The lowest BCUT2D eigenvalue weighted by molar-refractivity contribution is 0.0758. The third kappa shape index (κ3) is 4.22. The van der Waals surface area contributed by atoms with Crippen molar-refractivity contribution in [3.63, 3.8) is 0 Å². The van der Waals surface area contributed by atoms with Gasteiger partial charge in [-0.1, -0.05) is 23.8 Å². The Morgan fingerprint density at radius 1 is 1.12 bits per heavy atom. The van der Waals surface area contributed by atoms with E-state index >= 15 is 0 Å². The molecular formula is C21H23N3O2. The predicted octanol–water partition coefficient (Wildman–Crippen LogP) is 2.92. The lowest BCUT2D eigenvalue weighted by atomic mass is 10.1. The Bertz CT molecular complexity index is 824. The van der Waals surface area contributed by atoms with Crippen LogP contribution in [0.5, 0.6) is 5.75 Å². The molecule has 1 amide bonds. The van der Waals surface area contributed by atoms with Gasteiger partial charge in [0.2, 0.25) is 0 Å². The standard InChI is InChI=1S/C21H23N3O2/c1-16-3-8-20(25)19(13-16)21(26)24-10-2-9-23(11-12-24)15-18-6-4-17(14-22)5-7-18/h3-8,13,25H,2,9-12,15H2,1H3. The van der Waals surface area contributed by atoms with Gasteiger partial charge in [-0.15, -0.1) is 0 Å². The highest BCUT2D eigenvalue weighted by Crippen LogP contribution is 2.21. The van der Waals surface area contributed by atoms with Crippen molar-refractivity contribution in [3.05, 3.63) is 64.7 Å². The number of hydrogen-bond donors (Lipinski definition) is 1. The number of carbonyl (C=O) groups excluding carboxylic acids is 1. The lowest BCUT2D eigenvalue weighted by Crippen LogP contribution is -2.35. The minimum Gasteiger partial charge on any atom is -0.507 e. The molecule has 3 rings (SSSR count). The Morgan fingerprint density at radius 2 is 1.88 bits per heavy atom. The molecule has 5 nitrogen and oxygen atoms in total. The summed E-state index contributed by atoms with van der Waals surface area (Å²) >= 11 is 0. The van der Waals surface area contributed by atoms with E-state index in [9.17, 15) is 9.90 Å². The Balaban J connectivity index is 1.63. The van der Waals surface area contributed by atoms with Gasteiger partial charge in [-0.2, -0.15) is 5.26 Å². The molecule has 1 aliphatic heterocycles. The number of phenolic OH excluding ortho intramolecular Hbond substituents is 1. The van der Waals surface area contributed by atoms with Crippen LogP contribution in [-0.2, 0) is 6.54 Å². The Morgan fingerprint density at radius 3 is 2.62 bits per heavy atom. The van der Waals surface area contributed by atoms with Crippen molar-refractivity contribution in [2.75, 3.05) is 26.2 Å². The van der Waals surface area contributed by atoms with Crippen LogP contribution in [-0.4, -0.2) is 47.0 Å². The van der Waals surface area contributed by atoms with Gasteiger partial charge < -0.3 is 10.0 Å². The van der Waals surface area contributed by atoms with Crippen LogP contribution in [0.3, 0.4) is 0 Å². The molecule has 0 saturated carbocycles. The Labute approximate surface area is 154 Å². The molecule has 0 aliphatic carbocycles. The summed E-state index contributed by atoms with van der Waals surface area (Å²) in [6.07, 6.45) is 0.897. The van der Waals surface area contributed by atoms with Crippen molar-refractivity contribution in [2.24, 2.45) is 0 Å². The summed E-state index contributed by atoms with van der Waals surface area (Å²) in [5.74, 6) is -0.0642. The fraction of sp³-hybridized carbons (Fsp3) is 0.333. The maximum Gasteiger partial charge on any atom is 0.257 e. The third-order valence-corrected chi connectivity index (χ3v) is 4.75. The highest BCUT2D eigenvalue weighted by Gasteiger charge is 2.22. The second-order valence-electron chi connectivity index (χ2n) is 6.75. The average Bonchev–Trinajstić information content (AvgIpc) is 2.89. The summed E-state index contributed by atoms with van der Waals surface area (Å²) in [4.78, 5) is 16.9. The third-order valence-electron chi connectivity index (χ3n) is 4.75. The number of hydrogen-bond acceptors (Lipinski definition) is 4. The van der Waals surface area contributed by atoms with E-state index in [0.29, 0.717) is 24.2 Å². The molecule has 1 saturated heterocycles. The van der Waals surface area contributed by atoms with E-state index < -0.39 is 0 Å².